The number of aromatic nitrogens is 2. The van der Waals surface area contributed by atoms with Crippen LogP contribution in [0.3, 0.4) is 0 Å². The van der Waals surface area contributed by atoms with E-state index in [2.05, 4.69) is 20.9 Å². The number of pyridine rings is 1. The summed E-state index contributed by atoms with van der Waals surface area (Å²) in [6.45, 7) is 3.43. The minimum Gasteiger partial charge on any atom is -0.476 e. The fourth-order valence-corrected chi connectivity index (χ4v) is 3.51. The van der Waals surface area contributed by atoms with Gasteiger partial charge >= 0.3 is 0 Å². The second kappa shape index (κ2) is 6.19. The molecule has 0 spiro atoms. The number of anilines is 2. The van der Waals surface area contributed by atoms with E-state index in [1.165, 1.54) is 17.0 Å². The van der Waals surface area contributed by atoms with Crippen LogP contribution in [0.5, 0.6) is 5.75 Å². The molecule has 0 aliphatic carbocycles. The van der Waals surface area contributed by atoms with Gasteiger partial charge in [-0.15, -0.1) is 0 Å². The first-order chi connectivity index (χ1) is 12.8. The number of aryl methyl sites for hydroxylation is 1. The van der Waals surface area contributed by atoms with E-state index >= 15 is 0 Å². The quantitative estimate of drug-likeness (QED) is 0.623. The highest BCUT2D eigenvalue weighted by Gasteiger charge is 2.34. The molecule has 3 aromatic rings. The summed E-state index contributed by atoms with van der Waals surface area (Å²) in [5, 5.41) is 0. The maximum absolute atomic E-state index is 14.3. The van der Waals surface area contributed by atoms with E-state index in [-0.39, 0.29) is 34.0 Å². The molecule has 6 nitrogen and oxygen atoms in total. The number of carbonyl (C=O) groups excluding carboxylic acids is 1. The molecule has 1 aliphatic rings. The Morgan fingerprint density at radius 3 is 2.78 bits per heavy atom. The third kappa shape index (κ3) is 2.82. The fraction of sp³-hybridized carbons (Fsp3) is 0.222. The largest absolute Gasteiger partial charge is 0.476 e. The van der Waals surface area contributed by atoms with Crippen LogP contribution in [0, 0.1) is 18.6 Å². The smallest absolute Gasteiger partial charge is 0.268 e. The summed E-state index contributed by atoms with van der Waals surface area (Å²) in [7, 11) is 0. The monoisotopic (exact) mass is 436 g/mol. The average Bonchev–Trinajstić information content (AvgIpc) is 2.88. The Balaban J connectivity index is 1.86. The van der Waals surface area contributed by atoms with Gasteiger partial charge in [0.05, 0.1) is 28.1 Å². The second-order valence-corrected chi connectivity index (χ2v) is 7.23. The number of hydrogen-bond acceptors (Lipinski definition) is 4. The summed E-state index contributed by atoms with van der Waals surface area (Å²) >= 11 is 3.16. The van der Waals surface area contributed by atoms with Crippen LogP contribution in [0.25, 0.3) is 5.65 Å². The number of benzene rings is 1. The molecule has 0 saturated heterocycles. The summed E-state index contributed by atoms with van der Waals surface area (Å²) in [5.74, 6) is -1.41. The van der Waals surface area contributed by atoms with Crippen molar-refractivity contribution in [3.05, 3.63) is 51.9 Å². The molecule has 0 bridgehead atoms. The molecule has 3 heterocycles. The lowest BCUT2D eigenvalue weighted by atomic mass is 10.1. The number of amides is 1. The molecular formula is C18H15BrF2N4O2. The standard InChI is InChI=1S/C18H15BrF2N4O2/c1-8-15(24-6-11(19)12(20)5-16(24)23-8)7-25-14-4-10(22)3-13(21)17(14)27-9(2)18(25)26/h3-6,9H,7,22H2,1-2H3/t9-/m1/s1. The Bertz CT molecular complexity index is 1100. The minimum atomic E-state index is -0.848. The van der Waals surface area contributed by atoms with Gasteiger partial charge in [0.2, 0.25) is 0 Å². The van der Waals surface area contributed by atoms with E-state index < -0.39 is 17.7 Å². The highest BCUT2D eigenvalue weighted by atomic mass is 79.9. The maximum Gasteiger partial charge on any atom is 0.268 e. The molecule has 27 heavy (non-hydrogen) atoms. The lowest BCUT2D eigenvalue weighted by molar-refractivity contribution is -0.125. The summed E-state index contributed by atoms with van der Waals surface area (Å²) in [6.07, 6.45) is 0.703. The van der Waals surface area contributed by atoms with E-state index in [0.717, 1.165) is 6.07 Å². The van der Waals surface area contributed by atoms with E-state index in [0.29, 0.717) is 17.0 Å². The van der Waals surface area contributed by atoms with Crippen LogP contribution in [0.4, 0.5) is 20.2 Å². The topological polar surface area (TPSA) is 72.9 Å². The Morgan fingerprint density at radius 1 is 1.30 bits per heavy atom. The minimum absolute atomic E-state index is 0.0185. The number of rotatable bonds is 2. The molecule has 0 radical (unpaired) electrons. The molecule has 2 aromatic heterocycles. The molecule has 1 aliphatic heterocycles. The van der Waals surface area contributed by atoms with Crippen molar-refractivity contribution < 1.29 is 18.3 Å². The third-order valence-corrected chi connectivity index (χ3v) is 5.10. The van der Waals surface area contributed by atoms with E-state index in [9.17, 15) is 13.6 Å². The van der Waals surface area contributed by atoms with Gasteiger partial charge in [0, 0.05) is 24.0 Å². The van der Waals surface area contributed by atoms with E-state index in [1.54, 1.807) is 24.4 Å². The number of nitrogen functional groups attached to an aromatic ring is 1. The van der Waals surface area contributed by atoms with Crippen LogP contribution in [0.1, 0.15) is 18.3 Å². The van der Waals surface area contributed by atoms with Gasteiger partial charge in [0.1, 0.15) is 11.5 Å². The van der Waals surface area contributed by atoms with Crippen molar-refractivity contribution >= 4 is 38.9 Å². The highest BCUT2D eigenvalue weighted by molar-refractivity contribution is 9.10. The van der Waals surface area contributed by atoms with Gasteiger partial charge in [0.15, 0.2) is 17.7 Å². The number of hydrogen-bond donors (Lipinski definition) is 1. The number of halogens is 3. The fourth-order valence-electron chi connectivity index (χ4n) is 3.19. The summed E-state index contributed by atoms with van der Waals surface area (Å²) in [4.78, 5) is 18.5. The molecule has 1 aromatic carbocycles. The molecule has 0 fully saturated rings. The molecule has 140 valence electrons. The number of nitrogens with zero attached hydrogens (tertiary/aromatic N) is 3. The van der Waals surface area contributed by atoms with Crippen LogP contribution in [0.2, 0.25) is 0 Å². The first-order valence-corrected chi connectivity index (χ1v) is 8.95. The molecule has 0 unspecified atom stereocenters. The lowest BCUT2D eigenvalue weighted by Gasteiger charge is -2.33. The predicted molar refractivity (Wildman–Crippen MR) is 99.7 cm³/mol. The number of nitrogens with two attached hydrogens (primary N) is 1. The lowest BCUT2D eigenvalue weighted by Crippen LogP contribution is -2.44. The van der Waals surface area contributed by atoms with Gasteiger partial charge in [0.25, 0.3) is 5.91 Å². The summed E-state index contributed by atoms with van der Waals surface area (Å²) in [6, 6.07) is 3.95. The van der Waals surface area contributed by atoms with Gasteiger partial charge in [-0.2, -0.15) is 0 Å². The summed E-state index contributed by atoms with van der Waals surface area (Å²) in [5.41, 5.74) is 7.91. The second-order valence-electron chi connectivity index (χ2n) is 6.38. The van der Waals surface area contributed by atoms with Crippen molar-refractivity contribution in [2.75, 3.05) is 10.6 Å². The van der Waals surface area contributed by atoms with Crippen LogP contribution < -0.4 is 15.4 Å². The molecule has 1 atom stereocenters. The Hall–Kier alpha value is -2.68. The number of carbonyl (C=O) groups is 1. The van der Waals surface area contributed by atoms with Gasteiger partial charge < -0.3 is 14.9 Å². The van der Waals surface area contributed by atoms with Crippen molar-refractivity contribution in [2.45, 2.75) is 26.5 Å². The molecular weight excluding hydrogens is 422 g/mol. The Labute approximate surface area is 161 Å². The van der Waals surface area contributed by atoms with Crippen LogP contribution >= 0.6 is 15.9 Å². The number of ether oxygens (including phenoxy) is 1. The summed E-state index contributed by atoms with van der Waals surface area (Å²) < 4.78 is 35.5. The average molecular weight is 437 g/mol. The predicted octanol–water partition coefficient (Wildman–Crippen LogP) is 3.58. The van der Waals surface area contributed by atoms with Crippen LogP contribution in [-0.2, 0) is 11.3 Å². The van der Waals surface area contributed by atoms with Crippen molar-refractivity contribution in [3.63, 3.8) is 0 Å². The maximum atomic E-state index is 14.3. The van der Waals surface area contributed by atoms with E-state index in [4.69, 9.17) is 10.5 Å². The number of imidazole rings is 1. The third-order valence-electron chi connectivity index (χ3n) is 4.52. The molecule has 9 heteroatoms. The first-order valence-electron chi connectivity index (χ1n) is 8.16. The van der Waals surface area contributed by atoms with Crippen molar-refractivity contribution in [3.8, 4) is 5.75 Å². The Kier molecular flexibility index (Phi) is 4.06. The normalized spacial score (nSPS) is 16.6. The van der Waals surface area contributed by atoms with Crippen LogP contribution in [0.15, 0.2) is 28.9 Å². The van der Waals surface area contributed by atoms with E-state index in [1.807, 2.05) is 0 Å². The zero-order chi connectivity index (χ0) is 19.5. The highest BCUT2D eigenvalue weighted by Crippen LogP contribution is 2.39. The molecule has 2 N–H and O–H groups in total. The van der Waals surface area contributed by atoms with Crippen molar-refractivity contribution in [1.29, 1.82) is 0 Å². The van der Waals surface area contributed by atoms with Gasteiger partial charge in [-0.1, -0.05) is 0 Å². The van der Waals surface area contributed by atoms with Crippen molar-refractivity contribution in [1.82, 2.24) is 9.38 Å². The number of fused-ring (bicyclic) bond motifs is 2. The zero-order valence-electron chi connectivity index (χ0n) is 14.5. The van der Waals surface area contributed by atoms with Crippen LogP contribution in [-0.4, -0.2) is 21.4 Å². The SMILES string of the molecule is Cc1nc2cc(F)c(Br)cn2c1CN1C(=O)[C@@H](C)Oc2c(F)cc(N)cc21. The zero-order valence-corrected chi connectivity index (χ0v) is 16.0. The van der Waals surface area contributed by atoms with Gasteiger partial charge in [-0.3, -0.25) is 9.69 Å². The molecule has 1 amide bonds. The molecule has 0 saturated carbocycles. The van der Waals surface area contributed by atoms with Crippen molar-refractivity contribution in [2.24, 2.45) is 0 Å². The molecule has 4 rings (SSSR count). The van der Waals surface area contributed by atoms with Gasteiger partial charge in [-0.05, 0) is 35.8 Å². The Morgan fingerprint density at radius 2 is 2.04 bits per heavy atom. The van der Waals surface area contributed by atoms with Gasteiger partial charge in [-0.25, -0.2) is 13.8 Å². The first kappa shape index (κ1) is 17.7.